The SMILES string of the molecule is COc1ccc2nc(S(=O)Cc3ccccn3)[nH]c2c1. The van der Waals surface area contributed by atoms with Crippen molar-refractivity contribution < 1.29 is 8.95 Å². The monoisotopic (exact) mass is 287 g/mol. The van der Waals surface area contributed by atoms with Crippen molar-refractivity contribution in [1.82, 2.24) is 15.0 Å². The summed E-state index contributed by atoms with van der Waals surface area (Å²) < 4.78 is 17.4. The molecule has 1 unspecified atom stereocenters. The predicted molar refractivity (Wildman–Crippen MR) is 77.0 cm³/mol. The molecule has 3 rings (SSSR count). The van der Waals surface area contributed by atoms with Gasteiger partial charge in [0.15, 0.2) is 5.16 Å². The molecule has 0 radical (unpaired) electrons. The van der Waals surface area contributed by atoms with Gasteiger partial charge in [0, 0.05) is 12.3 Å². The second-order valence-electron chi connectivity index (χ2n) is 4.24. The summed E-state index contributed by atoms with van der Waals surface area (Å²) >= 11 is 0. The fourth-order valence-electron chi connectivity index (χ4n) is 1.89. The molecule has 0 aliphatic rings. The molecule has 0 amide bonds. The van der Waals surface area contributed by atoms with Crippen LogP contribution in [0.1, 0.15) is 5.69 Å². The van der Waals surface area contributed by atoms with Crippen LogP contribution >= 0.6 is 0 Å². The van der Waals surface area contributed by atoms with Gasteiger partial charge >= 0.3 is 0 Å². The number of nitrogens with one attached hydrogen (secondary N) is 1. The van der Waals surface area contributed by atoms with Gasteiger partial charge in [0.2, 0.25) is 0 Å². The van der Waals surface area contributed by atoms with Crippen molar-refractivity contribution in [1.29, 1.82) is 0 Å². The summed E-state index contributed by atoms with van der Waals surface area (Å²) in [4.78, 5) is 11.6. The molecule has 0 aliphatic heterocycles. The minimum Gasteiger partial charge on any atom is -0.497 e. The lowest BCUT2D eigenvalue weighted by atomic mass is 10.3. The number of rotatable bonds is 4. The largest absolute Gasteiger partial charge is 0.497 e. The van der Waals surface area contributed by atoms with Crippen molar-refractivity contribution >= 4 is 21.8 Å². The number of hydrogen-bond acceptors (Lipinski definition) is 4. The minimum absolute atomic E-state index is 0.345. The maximum atomic E-state index is 12.3. The zero-order valence-electron chi connectivity index (χ0n) is 10.9. The zero-order chi connectivity index (χ0) is 13.9. The van der Waals surface area contributed by atoms with Crippen LogP contribution in [0.4, 0.5) is 0 Å². The van der Waals surface area contributed by atoms with E-state index in [-0.39, 0.29) is 0 Å². The van der Waals surface area contributed by atoms with Gasteiger partial charge in [-0.2, -0.15) is 0 Å². The summed E-state index contributed by atoms with van der Waals surface area (Å²) in [6, 6.07) is 11.1. The number of aromatic nitrogens is 3. The molecule has 1 N–H and O–H groups in total. The Morgan fingerprint density at radius 3 is 2.95 bits per heavy atom. The number of nitrogens with zero attached hydrogens (tertiary/aromatic N) is 2. The van der Waals surface area contributed by atoms with Gasteiger partial charge in [-0.05, 0) is 24.3 Å². The number of H-pyrrole nitrogens is 1. The number of imidazole rings is 1. The van der Waals surface area contributed by atoms with Crippen LogP contribution in [-0.4, -0.2) is 26.3 Å². The summed E-state index contributed by atoms with van der Waals surface area (Å²) in [5, 5.41) is 0.457. The minimum atomic E-state index is -1.25. The molecule has 0 aliphatic carbocycles. The van der Waals surface area contributed by atoms with Crippen LogP contribution in [0.25, 0.3) is 11.0 Å². The molecule has 0 bridgehead atoms. The smallest absolute Gasteiger partial charge is 0.197 e. The second kappa shape index (κ2) is 5.42. The van der Waals surface area contributed by atoms with E-state index in [4.69, 9.17) is 4.74 Å². The molecule has 2 heterocycles. The van der Waals surface area contributed by atoms with Gasteiger partial charge in [-0.3, -0.25) is 9.19 Å². The molecule has 102 valence electrons. The number of benzene rings is 1. The van der Waals surface area contributed by atoms with E-state index in [1.807, 2.05) is 36.4 Å². The Bertz CT molecular complexity index is 755. The number of hydrogen-bond donors (Lipinski definition) is 1. The van der Waals surface area contributed by atoms with Crippen LogP contribution in [0.5, 0.6) is 5.75 Å². The summed E-state index contributed by atoms with van der Waals surface area (Å²) in [5.41, 5.74) is 2.37. The van der Waals surface area contributed by atoms with Crippen LogP contribution in [-0.2, 0) is 16.6 Å². The number of aromatic amines is 1. The standard InChI is InChI=1S/C14H13N3O2S/c1-19-11-5-6-12-13(8-11)17-14(16-12)20(18)9-10-4-2-3-7-15-10/h2-8H,9H2,1H3,(H,16,17). The Balaban J connectivity index is 1.88. The number of pyridine rings is 1. The Hall–Kier alpha value is -2.21. The first-order valence-electron chi connectivity index (χ1n) is 6.08. The highest BCUT2D eigenvalue weighted by Crippen LogP contribution is 2.20. The van der Waals surface area contributed by atoms with E-state index in [0.717, 1.165) is 22.5 Å². The Morgan fingerprint density at radius 1 is 1.30 bits per heavy atom. The van der Waals surface area contributed by atoms with Gasteiger partial charge in [0.05, 0.1) is 40.4 Å². The highest BCUT2D eigenvalue weighted by molar-refractivity contribution is 7.84. The van der Waals surface area contributed by atoms with Crippen LogP contribution in [0.2, 0.25) is 0 Å². The molecular formula is C14H13N3O2S. The third kappa shape index (κ3) is 2.55. The average Bonchev–Trinajstić information content (AvgIpc) is 2.91. The van der Waals surface area contributed by atoms with Gasteiger partial charge in [-0.25, -0.2) is 4.98 Å². The van der Waals surface area contributed by atoms with Crippen LogP contribution in [0, 0.1) is 0 Å². The van der Waals surface area contributed by atoms with E-state index in [1.165, 1.54) is 0 Å². The van der Waals surface area contributed by atoms with E-state index >= 15 is 0 Å². The first-order chi connectivity index (χ1) is 9.76. The number of fused-ring (bicyclic) bond motifs is 1. The summed E-state index contributed by atoms with van der Waals surface area (Å²) in [5.74, 6) is 1.08. The first-order valence-corrected chi connectivity index (χ1v) is 7.40. The molecule has 6 heteroatoms. The van der Waals surface area contributed by atoms with Gasteiger partial charge in [-0.1, -0.05) is 6.07 Å². The van der Waals surface area contributed by atoms with Gasteiger partial charge in [0.25, 0.3) is 0 Å². The lowest BCUT2D eigenvalue weighted by Gasteiger charge is -1.97. The number of ether oxygens (including phenoxy) is 1. The molecule has 1 aromatic carbocycles. The first kappa shape index (κ1) is 12.8. The summed E-state index contributed by atoms with van der Waals surface area (Å²) in [7, 11) is 0.363. The maximum absolute atomic E-state index is 12.3. The van der Waals surface area contributed by atoms with Crippen LogP contribution < -0.4 is 4.74 Å². The van der Waals surface area contributed by atoms with Crippen molar-refractivity contribution in [3.05, 3.63) is 48.3 Å². The summed E-state index contributed by atoms with van der Waals surface area (Å²) in [6.07, 6.45) is 1.69. The second-order valence-corrected chi connectivity index (χ2v) is 5.60. The molecule has 2 aromatic heterocycles. The van der Waals surface area contributed by atoms with Crippen molar-refractivity contribution in [2.24, 2.45) is 0 Å². The van der Waals surface area contributed by atoms with E-state index in [2.05, 4.69) is 15.0 Å². The molecular weight excluding hydrogens is 274 g/mol. The molecule has 0 spiro atoms. The lowest BCUT2D eigenvalue weighted by Crippen LogP contribution is -2.00. The van der Waals surface area contributed by atoms with E-state index in [0.29, 0.717) is 10.9 Å². The van der Waals surface area contributed by atoms with Crippen molar-refractivity contribution in [3.63, 3.8) is 0 Å². The molecule has 1 atom stereocenters. The molecule has 0 saturated heterocycles. The van der Waals surface area contributed by atoms with Crippen LogP contribution in [0.3, 0.4) is 0 Å². The molecule has 0 fully saturated rings. The van der Waals surface area contributed by atoms with Crippen molar-refractivity contribution in [3.8, 4) is 5.75 Å². The number of methoxy groups -OCH3 is 1. The average molecular weight is 287 g/mol. The third-order valence-corrected chi connectivity index (χ3v) is 4.07. The van der Waals surface area contributed by atoms with E-state index in [9.17, 15) is 4.21 Å². The summed E-state index contributed by atoms with van der Waals surface area (Å²) in [6.45, 7) is 0. The third-order valence-electron chi connectivity index (χ3n) is 2.89. The topological polar surface area (TPSA) is 67.9 Å². The van der Waals surface area contributed by atoms with Gasteiger partial charge < -0.3 is 9.72 Å². The van der Waals surface area contributed by atoms with Crippen molar-refractivity contribution in [2.45, 2.75) is 10.9 Å². The Morgan fingerprint density at radius 2 is 2.20 bits per heavy atom. The Labute approximate surface area is 118 Å². The van der Waals surface area contributed by atoms with Gasteiger partial charge in [0.1, 0.15) is 5.75 Å². The fourth-order valence-corrected chi connectivity index (χ4v) is 2.89. The van der Waals surface area contributed by atoms with E-state index < -0.39 is 10.8 Å². The molecule has 20 heavy (non-hydrogen) atoms. The zero-order valence-corrected chi connectivity index (χ0v) is 11.7. The molecule has 5 nitrogen and oxygen atoms in total. The lowest BCUT2D eigenvalue weighted by molar-refractivity contribution is 0.415. The highest BCUT2D eigenvalue weighted by atomic mass is 32.2. The molecule has 3 aromatic rings. The quantitative estimate of drug-likeness (QED) is 0.799. The molecule has 0 saturated carbocycles. The highest BCUT2D eigenvalue weighted by Gasteiger charge is 2.11. The van der Waals surface area contributed by atoms with Crippen LogP contribution in [0.15, 0.2) is 47.8 Å². The Kier molecular flexibility index (Phi) is 3.47. The van der Waals surface area contributed by atoms with E-state index in [1.54, 1.807) is 13.3 Å². The maximum Gasteiger partial charge on any atom is 0.197 e. The normalized spacial score (nSPS) is 12.4. The van der Waals surface area contributed by atoms with Crippen molar-refractivity contribution in [2.75, 3.05) is 7.11 Å². The predicted octanol–water partition coefficient (Wildman–Crippen LogP) is 2.27. The van der Waals surface area contributed by atoms with Gasteiger partial charge in [-0.15, -0.1) is 0 Å². The fraction of sp³-hybridized carbons (Fsp3) is 0.143.